The van der Waals surface area contributed by atoms with Crippen molar-refractivity contribution >= 4 is 11.9 Å². The summed E-state index contributed by atoms with van der Waals surface area (Å²) in [5.41, 5.74) is 5.39. The van der Waals surface area contributed by atoms with E-state index in [9.17, 15) is 9.59 Å². The molecule has 0 saturated heterocycles. The number of rotatable bonds is 7. The number of nitrogens with two attached hydrogens (primary N) is 1. The van der Waals surface area contributed by atoms with Crippen LogP contribution >= 0.6 is 0 Å². The monoisotopic (exact) mass is 342 g/mol. The summed E-state index contributed by atoms with van der Waals surface area (Å²) in [6.45, 7) is 7.78. The minimum absolute atomic E-state index is 0.0879. The van der Waals surface area contributed by atoms with E-state index >= 15 is 0 Å². The molecule has 2 N–H and O–H groups in total. The molecule has 1 rings (SSSR count). The number of hydrogen-bond acceptors (Lipinski definition) is 5. The zero-order valence-corrected chi connectivity index (χ0v) is 15.9. The molecule has 0 spiro atoms. The van der Waals surface area contributed by atoms with Gasteiger partial charge in [-0.05, 0) is 52.9 Å². The van der Waals surface area contributed by atoms with Gasteiger partial charge in [0.15, 0.2) is 6.04 Å². The highest BCUT2D eigenvalue weighted by molar-refractivity contribution is 5.85. The molecule has 0 aliphatic heterocycles. The van der Waals surface area contributed by atoms with Gasteiger partial charge in [0.05, 0.1) is 25.0 Å². The quantitative estimate of drug-likeness (QED) is 0.568. The van der Waals surface area contributed by atoms with Gasteiger partial charge in [0, 0.05) is 6.42 Å². The smallest absolute Gasteiger partial charge is 0.331 e. The van der Waals surface area contributed by atoms with E-state index in [1.165, 1.54) is 7.11 Å². The molecule has 1 aliphatic carbocycles. The lowest BCUT2D eigenvalue weighted by molar-refractivity contribution is -0.167. The van der Waals surface area contributed by atoms with Crippen LogP contribution in [-0.4, -0.2) is 47.8 Å². The molecule has 0 bridgehead atoms. The maximum atomic E-state index is 12.8. The van der Waals surface area contributed by atoms with Crippen LogP contribution in [0, 0.1) is 0 Å². The Morgan fingerprint density at radius 2 is 1.79 bits per heavy atom. The molecule has 0 aromatic rings. The third-order valence-corrected chi connectivity index (χ3v) is 4.39. The Hall–Kier alpha value is -1.14. The number of nitrogens with zero attached hydrogens (tertiary/aromatic N) is 1. The Kier molecular flexibility index (Phi) is 7.67. The van der Waals surface area contributed by atoms with Crippen molar-refractivity contribution in [3.63, 3.8) is 0 Å². The Balaban J connectivity index is 3.13. The molecule has 6 nitrogen and oxygen atoms in total. The first-order chi connectivity index (χ1) is 11.1. The van der Waals surface area contributed by atoms with Crippen molar-refractivity contribution in [2.24, 2.45) is 5.73 Å². The van der Waals surface area contributed by atoms with Gasteiger partial charge in [0.1, 0.15) is 0 Å². The van der Waals surface area contributed by atoms with Crippen molar-refractivity contribution in [3.05, 3.63) is 0 Å². The lowest BCUT2D eigenvalue weighted by Gasteiger charge is -2.47. The van der Waals surface area contributed by atoms with Gasteiger partial charge in [-0.15, -0.1) is 0 Å². The summed E-state index contributed by atoms with van der Waals surface area (Å²) < 4.78 is 10.8. The molecule has 0 radical (unpaired) electrons. The predicted octanol–water partition coefficient (Wildman–Crippen LogP) is 2.59. The topological polar surface area (TPSA) is 81.9 Å². The molecule has 140 valence electrons. The van der Waals surface area contributed by atoms with Gasteiger partial charge in [0.25, 0.3) is 0 Å². The predicted molar refractivity (Wildman–Crippen MR) is 93.3 cm³/mol. The zero-order valence-electron chi connectivity index (χ0n) is 15.9. The average molecular weight is 342 g/mol. The number of esters is 1. The van der Waals surface area contributed by atoms with E-state index in [0.717, 1.165) is 19.3 Å². The molecule has 0 heterocycles. The zero-order chi connectivity index (χ0) is 18.4. The summed E-state index contributed by atoms with van der Waals surface area (Å²) in [7, 11) is 1.33. The van der Waals surface area contributed by atoms with Crippen LogP contribution in [0.15, 0.2) is 0 Å². The van der Waals surface area contributed by atoms with Gasteiger partial charge >= 0.3 is 5.97 Å². The van der Waals surface area contributed by atoms with Crippen LogP contribution in [0.2, 0.25) is 0 Å². The second-order valence-electron chi connectivity index (χ2n) is 7.64. The Bertz CT molecular complexity index is 425. The molecular formula is C18H34N2O4. The molecule has 24 heavy (non-hydrogen) atoms. The number of ether oxygens (including phenoxy) is 2. The third kappa shape index (κ3) is 5.74. The second-order valence-corrected chi connectivity index (χ2v) is 7.64. The molecule has 0 aromatic heterocycles. The molecule has 6 heteroatoms. The van der Waals surface area contributed by atoms with Gasteiger partial charge in [-0.1, -0.05) is 13.3 Å². The van der Waals surface area contributed by atoms with Crippen molar-refractivity contribution in [1.29, 1.82) is 0 Å². The van der Waals surface area contributed by atoms with Gasteiger partial charge in [-0.2, -0.15) is 0 Å². The first kappa shape index (κ1) is 20.9. The number of amides is 1. The van der Waals surface area contributed by atoms with E-state index in [1.54, 1.807) is 4.90 Å². The standard InChI is InChI=1S/C18H34N2O4/c1-6-10-15(21)20(18(19)11-8-7-9-12-18)14(16(22)23-5)13-24-17(2,3)4/h14H,6-13,19H2,1-5H3. The number of carbonyl (C=O) groups excluding carboxylic acids is 2. The summed E-state index contributed by atoms with van der Waals surface area (Å²) in [6, 6.07) is -0.809. The van der Waals surface area contributed by atoms with E-state index in [0.29, 0.717) is 25.7 Å². The Labute approximate surface area is 146 Å². The molecule has 1 aliphatic rings. The first-order valence-corrected chi connectivity index (χ1v) is 8.97. The van der Waals surface area contributed by atoms with Crippen molar-refractivity contribution < 1.29 is 19.1 Å². The van der Waals surface area contributed by atoms with Crippen LogP contribution in [0.4, 0.5) is 0 Å². The summed E-state index contributed by atoms with van der Waals surface area (Å²) >= 11 is 0. The van der Waals surface area contributed by atoms with E-state index in [2.05, 4.69) is 0 Å². The summed E-state index contributed by atoms with van der Waals surface area (Å²) in [4.78, 5) is 26.8. The van der Waals surface area contributed by atoms with Crippen LogP contribution in [-0.2, 0) is 19.1 Å². The lowest BCUT2D eigenvalue weighted by Crippen LogP contribution is -2.65. The van der Waals surface area contributed by atoms with E-state index in [-0.39, 0.29) is 12.5 Å². The Morgan fingerprint density at radius 3 is 2.25 bits per heavy atom. The van der Waals surface area contributed by atoms with Crippen LogP contribution < -0.4 is 5.73 Å². The van der Waals surface area contributed by atoms with Crippen molar-refractivity contribution in [3.8, 4) is 0 Å². The average Bonchev–Trinajstić information content (AvgIpc) is 2.50. The van der Waals surface area contributed by atoms with Crippen molar-refractivity contribution in [2.45, 2.75) is 89.9 Å². The van der Waals surface area contributed by atoms with E-state index < -0.39 is 23.3 Å². The van der Waals surface area contributed by atoms with Gasteiger partial charge in [-0.3, -0.25) is 4.79 Å². The fourth-order valence-corrected chi connectivity index (χ4v) is 3.18. The highest BCUT2D eigenvalue weighted by Gasteiger charge is 2.44. The second kappa shape index (κ2) is 8.81. The molecule has 0 aromatic carbocycles. The Morgan fingerprint density at radius 1 is 1.21 bits per heavy atom. The van der Waals surface area contributed by atoms with Crippen molar-refractivity contribution in [2.75, 3.05) is 13.7 Å². The van der Waals surface area contributed by atoms with Gasteiger partial charge in [-0.25, -0.2) is 4.79 Å². The number of methoxy groups -OCH3 is 1. The van der Waals surface area contributed by atoms with E-state index in [4.69, 9.17) is 15.2 Å². The highest BCUT2D eigenvalue weighted by atomic mass is 16.5. The fraction of sp³-hybridized carbons (Fsp3) is 0.889. The summed E-state index contributed by atoms with van der Waals surface area (Å²) in [5.74, 6) is -0.575. The minimum Gasteiger partial charge on any atom is -0.467 e. The third-order valence-electron chi connectivity index (χ3n) is 4.39. The van der Waals surface area contributed by atoms with Crippen LogP contribution in [0.3, 0.4) is 0 Å². The molecule has 1 unspecified atom stereocenters. The first-order valence-electron chi connectivity index (χ1n) is 8.97. The molecule has 1 saturated carbocycles. The largest absolute Gasteiger partial charge is 0.467 e. The summed E-state index contributed by atoms with van der Waals surface area (Å²) in [5, 5.41) is 0. The van der Waals surface area contributed by atoms with Crippen molar-refractivity contribution in [1.82, 2.24) is 4.90 Å². The SMILES string of the molecule is CCCC(=O)N(C(COC(C)(C)C)C(=O)OC)C1(N)CCCCC1. The van der Waals surface area contributed by atoms with Crippen LogP contribution in [0.5, 0.6) is 0 Å². The number of carbonyl (C=O) groups is 2. The van der Waals surface area contributed by atoms with Gasteiger partial charge in [0.2, 0.25) is 5.91 Å². The number of hydrogen-bond donors (Lipinski definition) is 1. The summed E-state index contributed by atoms with van der Waals surface area (Å²) in [6.07, 6.45) is 5.50. The minimum atomic E-state index is -0.809. The molecule has 1 amide bonds. The fourth-order valence-electron chi connectivity index (χ4n) is 3.18. The maximum absolute atomic E-state index is 12.8. The van der Waals surface area contributed by atoms with Crippen LogP contribution in [0.1, 0.15) is 72.6 Å². The van der Waals surface area contributed by atoms with Crippen LogP contribution in [0.25, 0.3) is 0 Å². The normalized spacial score (nSPS) is 18.8. The molecular weight excluding hydrogens is 308 g/mol. The van der Waals surface area contributed by atoms with E-state index in [1.807, 2.05) is 27.7 Å². The van der Waals surface area contributed by atoms with Gasteiger partial charge < -0.3 is 20.1 Å². The molecule has 1 atom stereocenters. The highest BCUT2D eigenvalue weighted by Crippen LogP contribution is 2.32. The molecule has 1 fully saturated rings. The maximum Gasteiger partial charge on any atom is 0.331 e. The lowest BCUT2D eigenvalue weighted by atomic mass is 9.87.